The molecule has 1 aliphatic heterocycles. The normalized spacial score (nSPS) is 13.8. The molecule has 5 nitrogen and oxygen atoms in total. The van der Waals surface area contributed by atoms with Crippen LogP contribution in [0, 0.1) is 0 Å². The van der Waals surface area contributed by atoms with E-state index in [1.165, 1.54) is 10.1 Å². The fraction of sp³-hybridized carbons (Fsp3) is 0.304. The van der Waals surface area contributed by atoms with Gasteiger partial charge < -0.3 is 9.47 Å². The smallest absolute Gasteiger partial charge is 0.247 e. The summed E-state index contributed by atoms with van der Waals surface area (Å²) < 4.78 is 12.8. The second-order valence-electron chi connectivity index (χ2n) is 6.71. The molecule has 0 bridgehead atoms. The molecule has 0 atom stereocenters. The molecule has 0 saturated carbocycles. The number of amides is 1. The number of fused-ring (bicyclic) bond motifs is 2. The van der Waals surface area contributed by atoms with Crippen molar-refractivity contribution in [3.8, 4) is 11.5 Å². The third-order valence-electron chi connectivity index (χ3n) is 4.83. The second-order valence-corrected chi connectivity index (χ2v) is 7.79. The number of ether oxygens (including phenoxy) is 2. The fourth-order valence-electron chi connectivity index (χ4n) is 3.52. The molecular formula is C23H24N2O3S. The number of hydrogen-bond acceptors (Lipinski definition) is 5. The Balaban J connectivity index is 1.93. The lowest BCUT2D eigenvalue weighted by Crippen LogP contribution is -2.26. The lowest BCUT2D eigenvalue weighted by Gasteiger charge is -2.15. The van der Waals surface area contributed by atoms with Crippen LogP contribution in [0.5, 0.6) is 11.5 Å². The van der Waals surface area contributed by atoms with E-state index in [4.69, 9.17) is 14.6 Å². The van der Waals surface area contributed by atoms with E-state index < -0.39 is 0 Å². The number of rotatable bonds is 6. The highest BCUT2D eigenvalue weighted by Crippen LogP contribution is 2.36. The van der Waals surface area contributed by atoms with Crippen molar-refractivity contribution in [3.05, 3.63) is 58.5 Å². The molecule has 0 fully saturated rings. The average molecular weight is 409 g/mol. The Morgan fingerprint density at radius 2 is 1.76 bits per heavy atom. The lowest BCUT2D eigenvalue weighted by molar-refractivity contribution is -0.130. The third kappa shape index (κ3) is 3.72. The van der Waals surface area contributed by atoms with Gasteiger partial charge in [-0.15, -0.1) is 11.3 Å². The van der Waals surface area contributed by atoms with Crippen LogP contribution in [0.25, 0.3) is 10.1 Å². The van der Waals surface area contributed by atoms with Crippen LogP contribution in [0.3, 0.4) is 0 Å². The number of hydrogen-bond donors (Lipinski definition) is 0. The van der Waals surface area contributed by atoms with E-state index in [0.717, 1.165) is 21.7 Å². The van der Waals surface area contributed by atoms with Gasteiger partial charge in [-0.25, -0.2) is 5.01 Å². The van der Waals surface area contributed by atoms with Crippen molar-refractivity contribution in [3.63, 3.8) is 0 Å². The molecule has 0 radical (unpaired) electrons. The molecule has 0 spiro atoms. The van der Waals surface area contributed by atoms with Crippen LogP contribution in [0.4, 0.5) is 0 Å². The van der Waals surface area contributed by atoms with Gasteiger partial charge in [-0.2, -0.15) is 5.10 Å². The monoisotopic (exact) mass is 408 g/mol. The fourth-order valence-corrected chi connectivity index (χ4v) is 4.58. The molecule has 2 aromatic carbocycles. The van der Waals surface area contributed by atoms with Gasteiger partial charge in [0, 0.05) is 16.8 Å². The largest absolute Gasteiger partial charge is 0.490 e. The van der Waals surface area contributed by atoms with Crippen molar-refractivity contribution in [1.29, 1.82) is 0 Å². The van der Waals surface area contributed by atoms with Crippen LogP contribution in [0.2, 0.25) is 0 Å². The minimum atomic E-state index is -0.0172. The van der Waals surface area contributed by atoms with Crippen molar-refractivity contribution in [2.75, 3.05) is 19.8 Å². The minimum absolute atomic E-state index is 0.0172. The van der Waals surface area contributed by atoms with Crippen LogP contribution >= 0.6 is 11.3 Å². The van der Waals surface area contributed by atoms with Gasteiger partial charge in [-0.3, -0.25) is 4.79 Å². The molecule has 29 heavy (non-hydrogen) atoms. The van der Waals surface area contributed by atoms with Crippen molar-refractivity contribution < 1.29 is 14.3 Å². The summed E-state index contributed by atoms with van der Waals surface area (Å²) in [6.45, 7) is 7.43. The van der Waals surface area contributed by atoms with Crippen molar-refractivity contribution in [2.24, 2.45) is 5.10 Å². The molecule has 4 rings (SSSR count). The van der Waals surface area contributed by atoms with Crippen LogP contribution in [-0.2, 0) is 11.2 Å². The summed E-state index contributed by atoms with van der Waals surface area (Å²) >= 11 is 1.68. The molecule has 1 aromatic heterocycles. The molecule has 3 aromatic rings. The Hall–Kier alpha value is -2.86. The van der Waals surface area contributed by atoms with E-state index >= 15 is 0 Å². The molecule has 0 saturated heterocycles. The third-order valence-corrected chi connectivity index (χ3v) is 5.96. The summed E-state index contributed by atoms with van der Waals surface area (Å²) in [7, 11) is 0. The Labute approximate surface area is 174 Å². The van der Waals surface area contributed by atoms with Gasteiger partial charge in [-0.05, 0) is 56.0 Å². The first-order valence-corrected chi connectivity index (χ1v) is 10.8. The number of likely N-dealkylation sites (N-methyl/N-ethyl adjacent to an activating group) is 1. The maximum absolute atomic E-state index is 12.8. The van der Waals surface area contributed by atoms with E-state index in [0.29, 0.717) is 31.3 Å². The summed E-state index contributed by atoms with van der Waals surface area (Å²) in [6, 6.07) is 14.3. The number of carbonyl (C=O) groups is 1. The van der Waals surface area contributed by atoms with Gasteiger partial charge in [0.05, 0.1) is 24.5 Å². The van der Waals surface area contributed by atoms with Crippen molar-refractivity contribution >= 4 is 33.0 Å². The summed E-state index contributed by atoms with van der Waals surface area (Å²) in [4.78, 5) is 13.8. The van der Waals surface area contributed by atoms with Gasteiger partial charge in [0.15, 0.2) is 11.5 Å². The zero-order valence-corrected chi connectivity index (χ0v) is 17.7. The van der Waals surface area contributed by atoms with Crippen LogP contribution < -0.4 is 9.47 Å². The highest BCUT2D eigenvalue weighted by Gasteiger charge is 2.26. The Morgan fingerprint density at radius 1 is 1.03 bits per heavy atom. The maximum atomic E-state index is 12.8. The van der Waals surface area contributed by atoms with Crippen molar-refractivity contribution in [2.45, 2.75) is 27.2 Å². The molecule has 2 heterocycles. The summed E-state index contributed by atoms with van der Waals surface area (Å²) in [5.41, 5.74) is 2.64. The van der Waals surface area contributed by atoms with E-state index in [9.17, 15) is 4.79 Å². The molecule has 0 unspecified atom stereocenters. The molecular weight excluding hydrogens is 384 g/mol. The second kappa shape index (κ2) is 8.25. The Morgan fingerprint density at radius 3 is 2.45 bits per heavy atom. The van der Waals surface area contributed by atoms with Gasteiger partial charge in [0.1, 0.15) is 5.71 Å². The average Bonchev–Trinajstić information content (AvgIpc) is 3.09. The molecule has 1 amide bonds. The summed E-state index contributed by atoms with van der Waals surface area (Å²) in [6.07, 6.45) is 0.285. The number of nitrogens with zero attached hydrogens (tertiary/aromatic N) is 2. The van der Waals surface area contributed by atoms with Gasteiger partial charge in [-0.1, -0.05) is 18.2 Å². The molecule has 0 aliphatic carbocycles. The highest BCUT2D eigenvalue weighted by molar-refractivity contribution is 7.21. The van der Waals surface area contributed by atoms with E-state index in [1.807, 2.05) is 45.0 Å². The SMILES string of the molecule is CCOc1cc2c(cc1OCC)C(c1cc3ccccc3s1)=NN(CC)C(=O)C2. The zero-order valence-electron chi connectivity index (χ0n) is 16.9. The van der Waals surface area contributed by atoms with Crippen LogP contribution in [0.15, 0.2) is 47.6 Å². The topological polar surface area (TPSA) is 51.1 Å². The lowest BCUT2D eigenvalue weighted by atomic mass is 9.98. The quantitative estimate of drug-likeness (QED) is 0.585. The van der Waals surface area contributed by atoms with Gasteiger partial charge in [0.25, 0.3) is 0 Å². The first kappa shape index (κ1) is 19.5. The first-order valence-electron chi connectivity index (χ1n) is 9.95. The number of thiophene rings is 1. The maximum Gasteiger partial charge on any atom is 0.247 e. The Bertz CT molecular complexity index is 1050. The standard InChI is InChI=1S/C23H24N2O3S/c1-4-25-22(26)13-16-11-18(27-5-2)19(28-6-3)14-17(16)23(24-25)21-12-15-9-7-8-10-20(15)29-21/h7-12,14H,4-6,13H2,1-3H3. The van der Waals surface area contributed by atoms with E-state index in [1.54, 1.807) is 16.3 Å². The minimum Gasteiger partial charge on any atom is -0.490 e. The van der Waals surface area contributed by atoms with Crippen LogP contribution in [-0.4, -0.2) is 36.4 Å². The molecule has 150 valence electrons. The predicted octanol–water partition coefficient (Wildman–Crippen LogP) is 4.86. The zero-order chi connectivity index (χ0) is 20.4. The number of hydrazone groups is 1. The predicted molar refractivity (Wildman–Crippen MR) is 117 cm³/mol. The van der Waals surface area contributed by atoms with Crippen molar-refractivity contribution in [1.82, 2.24) is 5.01 Å². The summed E-state index contributed by atoms with van der Waals surface area (Å²) in [5.74, 6) is 1.33. The van der Waals surface area contributed by atoms with E-state index in [2.05, 4.69) is 18.2 Å². The van der Waals surface area contributed by atoms with E-state index in [-0.39, 0.29) is 12.3 Å². The number of benzene rings is 2. The summed E-state index contributed by atoms with van der Waals surface area (Å²) in [5, 5.41) is 7.50. The number of carbonyl (C=O) groups excluding carboxylic acids is 1. The first-order chi connectivity index (χ1) is 14.1. The Kier molecular flexibility index (Phi) is 5.53. The highest BCUT2D eigenvalue weighted by atomic mass is 32.1. The van der Waals surface area contributed by atoms with Gasteiger partial charge >= 0.3 is 0 Å². The molecule has 1 aliphatic rings. The molecule has 0 N–H and O–H groups in total. The molecule has 6 heteroatoms. The van der Waals surface area contributed by atoms with Gasteiger partial charge in [0.2, 0.25) is 5.91 Å². The van der Waals surface area contributed by atoms with Crippen LogP contribution in [0.1, 0.15) is 36.8 Å².